The smallest absolute Gasteiger partial charge is 0.233 e. The summed E-state index contributed by atoms with van der Waals surface area (Å²) in [6.07, 6.45) is 3.67. The average Bonchev–Trinajstić information content (AvgIpc) is 2.79. The van der Waals surface area contributed by atoms with Crippen LogP contribution in [-0.2, 0) is 9.59 Å². The lowest BCUT2D eigenvalue weighted by Crippen LogP contribution is -2.48. The van der Waals surface area contributed by atoms with Crippen molar-refractivity contribution in [2.24, 2.45) is 17.6 Å². The molecule has 1 heterocycles. The third-order valence-electron chi connectivity index (χ3n) is 3.76. The number of hydrogen-bond donors (Lipinski definition) is 1. The number of imide groups is 1. The first-order chi connectivity index (χ1) is 6.70. The van der Waals surface area contributed by atoms with E-state index in [1.54, 1.807) is 0 Å². The van der Waals surface area contributed by atoms with Crippen LogP contribution in [-0.4, -0.2) is 28.8 Å². The van der Waals surface area contributed by atoms with Gasteiger partial charge in [0.25, 0.3) is 0 Å². The molecule has 14 heavy (non-hydrogen) atoms. The molecule has 4 unspecified atom stereocenters. The zero-order chi connectivity index (χ0) is 9.87. The maximum absolute atomic E-state index is 11.7. The number of fused-ring (bicyclic) bond motifs is 1. The Morgan fingerprint density at radius 3 is 2.29 bits per heavy atom. The fourth-order valence-electron chi connectivity index (χ4n) is 2.82. The summed E-state index contributed by atoms with van der Waals surface area (Å²) in [6.45, 7) is 0. The number of carbonyl (C=O) groups excluding carboxylic acids is 2. The van der Waals surface area contributed by atoms with Gasteiger partial charge >= 0.3 is 0 Å². The van der Waals surface area contributed by atoms with Crippen molar-refractivity contribution < 1.29 is 9.59 Å². The Kier molecular flexibility index (Phi) is 1.54. The zero-order valence-corrected chi connectivity index (χ0v) is 7.98. The number of hydrogen-bond acceptors (Lipinski definition) is 3. The van der Waals surface area contributed by atoms with E-state index in [0.29, 0.717) is 0 Å². The van der Waals surface area contributed by atoms with E-state index in [1.165, 1.54) is 4.90 Å². The molecule has 4 heteroatoms. The first-order valence-electron chi connectivity index (χ1n) is 5.32. The van der Waals surface area contributed by atoms with E-state index in [0.717, 1.165) is 25.7 Å². The molecule has 0 aromatic carbocycles. The van der Waals surface area contributed by atoms with Crippen LogP contribution < -0.4 is 5.73 Å². The molecule has 3 aliphatic rings. The number of carbonyl (C=O) groups is 2. The monoisotopic (exact) mass is 194 g/mol. The highest BCUT2D eigenvalue weighted by Crippen LogP contribution is 2.48. The van der Waals surface area contributed by atoms with Crippen LogP contribution in [0.2, 0.25) is 0 Å². The predicted molar refractivity (Wildman–Crippen MR) is 49.1 cm³/mol. The van der Waals surface area contributed by atoms with Crippen molar-refractivity contribution in [2.45, 2.75) is 37.8 Å². The minimum Gasteiger partial charge on any atom is -0.326 e. The van der Waals surface area contributed by atoms with Crippen LogP contribution >= 0.6 is 0 Å². The van der Waals surface area contributed by atoms with Crippen molar-refractivity contribution in [3.63, 3.8) is 0 Å². The summed E-state index contributed by atoms with van der Waals surface area (Å²) in [5.41, 5.74) is 5.90. The van der Waals surface area contributed by atoms with E-state index >= 15 is 0 Å². The van der Waals surface area contributed by atoms with Gasteiger partial charge in [0.05, 0.1) is 17.9 Å². The Balaban J connectivity index is 1.85. The van der Waals surface area contributed by atoms with Crippen LogP contribution in [0.4, 0.5) is 0 Å². The molecule has 3 fully saturated rings. The first-order valence-corrected chi connectivity index (χ1v) is 5.32. The van der Waals surface area contributed by atoms with Crippen LogP contribution in [0, 0.1) is 11.8 Å². The largest absolute Gasteiger partial charge is 0.326 e. The second-order valence-corrected chi connectivity index (χ2v) is 4.66. The lowest BCUT2D eigenvalue weighted by atomic mass is 10.1. The van der Waals surface area contributed by atoms with E-state index in [1.807, 2.05) is 0 Å². The van der Waals surface area contributed by atoms with Gasteiger partial charge in [-0.2, -0.15) is 0 Å². The topological polar surface area (TPSA) is 63.4 Å². The molecule has 2 aliphatic carbocycles. The maximum atomic E-state index is 11.7. The highest BCUT2D eigenvalue weighted by atomic mass is 16.2. The summed E-state index contributed by atoms with van der Waals surface area (Å²) in [5.74, 6) is 0.135. The number of nitrogens with two attached hydrogens (primary N) is 1. The lowest BCUT2D eigenvalue weighted by molar-refractivity contribution is -0.144. The lowest BCUT2D eigenvalue weighted by Gasteiger charge is -2.27. The Bertz CT molecular complexity index is 295. The Hall–Kier alpha value is -0.900. The van der Waals surface area contributed by atoms with Crippen molar-refractivity contribution in [2.75, 3.05) is 0 Å². The molecule has 2 saturated carbocycles. The van der Waals surface area contributed by atoms with Crippen molar-refractivity contribution in [3.05, 3.63) is 0 Å². The Morgan fingerprint density at radius 2 is 1.79 bits per heavy atom. The van der Waals surface area contributed by atoms with E-state index in [4.69, 9.17) is 5.73 Å². The molecule has 4 atom stereocenters. The highest BCUT2D eigenvalue weighted by Gasteiger charge is 2.60. The van der Waals surface area contributed by atoms with Crippen molar-refractivity contribution >= 4 is 11.8 Å². The molecule has 1 saturated heterocycles. The van der Waals surface area contributed by atoms with Gasteiger partial charge in [-0.25, -0.2) is 0 Å². The van der Waals surface area contributed by atoms with Gasteiger partial charge in [0.15, 0.2) is 0 Å². The van der Waals surface area contributed by atoms with E-state index < -0.39 is 0 Å². The minimum atomic E-state index is 0.00259. The molecule has 2 N–H and O–H groups in total. The number of amides is 2. The van der Waals surface area contributed by atoms with Gasteiger partial charge in [-0.3, -0.25) is 14.5 Å². The summed E-state index contributed by atoms with van der Waals surface area (Å²) in [5, 5.41) is 0. The standard InChI is InChI=1S/C10H14N2O2/c11-7-2-1-3-8(7)12-9(13)5-4-6(5)10(12)14/h5-8H,1-4,11H2. The summed E-state index contributed by atoms with van der Waals surface area (Å²) < 4.78 is 0. The third-order valence-corrected chi connectivity index (χ3v) is 3.76. The number of nitrogens with zero attached hydrogens (tertiary/aromatic N) is 1. The van der Waals surface area contributed by atoms with Gasteiger partial charge in [0, 0.05) is 6.04 Å². The molecule has 0 radical (unpaired) electrons. The Morgan fingerprint density at radius 1 is 1.14 bits per heavy atom. The molecule has 0 aromatic rings. The highest BCUT2D eigenvalue weighted by molar-refractivity contribution is 6.09. The minimum absolute atomic E-state index is 0.00259. The predicted octanol–water partition coefficient (Wildman–Crippen LogP) is -0.129. The van der Waals surface area contributed by atoms with Gasteiger partial charge in [0.2, 0.25) is 11.8 Å². The normalized spacial score (nSPS) is 45.9. The third kappa shape index (κ3) is 0.919. The zero-order valence-electron chi connectivity index (χ0n) is 7.98. The number of likely N-dealkylation sites (tertiary alicyclic amines) is 1. The van der Waals surface area contributed by atoms with Gasteiger partial charge < -0.3 is 5.73 Å². The Labute approximate surface area is 82.4 Å². The van der Waals surface area contributed by atoms with Crippen LogP contribution in [0.25, 0.3) is 0 Å². The quantitative estimate of drug-likeness (QED) is 0.591. The molecule has 3 rings (SSSR count). The fourth-order valence-corrected chi connectivity index (χ4v) is 2.82. The molecule has 4 nitrogen and oxygen atoms in total. The fraction of sp³-hybridized carbons (Fsp3) is 0.800. The summed E-state index contributed by atoms with van der Waals surface area (Å²) in [6, 6.07) is 0.0169. The summed E-state index contributed by atoms with van der Waals surface area (Å²) in [7, 11) is 0. The van der Waals surface area contributed by atoms with Crippen LogP contribution in [0.3, 0.4) is 0 Å². The number of piperidine rings is 1. The molecular weight excluding hydrogens is 180 g/mol. The second kappa shape index (κ2) is 2.57. The summed E-state index contributed by atoms with van der Waals surface area (Å²) in [4.78, 5) is 24.9. The maximum Gasteiger partial charge on any atom is 0.233 e. The van der Waals surface area contributed by atoms with E-state index in [-0.39, 0.29) is 35.7 Å². The van der Waals surface area contributed by atoms with Crippen molar-refractivity contribution in [3.8, 4) is 0 Å². The first kappa shape index (κ1) is 8.41. The van der Waals surface area contributed by atoms with E-state index in [2.05, 4.69) is 0 Å². The molecular formula is C10H14N2O2. The van der Waals surface area contributed by atoms with Gasteiger partial charge in [-0.1, -0.05) is 0 Å². The van der Waals surface area contributed by atoms with Gasteiger partial charge in [-0.05, 0) is 25.7 Å². The van der Waals surface area contributed by atoms with Crippen LogP contribution in [0.1, 0.15) is 25.7 Å². The van der Waals surface area contributed by atoms with Crippen molar-refractivity contribution in [1.29, 1.82) is 0 Å². The van der Waals surface area contributed by atoms with Gasteiger partial charge in [0.1, 0.15) is 0 Å². The molecule has 0 spiro atoms. The van der Waals surface area contributed by atoms with Crippen molar-refractivity contribution in [1.82, 2.24) is 4.90 Å². The van der Waals surface area contributed by atoms with Crippen LogP contribution in [0.5, 0.6) is 0 Å². The number of rotatable bonds is 1. The van der Waals surface area contributed by atoms with Gasteiger partial charge in [-0.15, -0.1) is 0 Å². The van der Waals surface area contributed by atoms with E-state index in [9.17, 15) is 9.59 Å². The molecule has 0 bridgehead atoms. The molecule has 76 valence electrons. The average molecular weight is 194 g/mol. The SMILES string of the molecule is NC1CCCC1N1C(=O)C2CC2C1=O. The summed E-state index contributed by atoms with van der Waals surface area (Å²) >= 11 is 0. The molecule has 2 amide bonds. The molecule has 1 aliphatic heterocycles. The molecule has 0 aromatic heterocycles. The van der Waals surface area contributed by atoms with Crippen LogP contribution in [0.15, 0.2) is 0 Å². The second-order valence-electron chi connectivity index (χ2n) is 4.66.